The molecule has 1 N–H and O–H groups in total. The van der Waals surface area contributed by atoms with Crippen LogP contribution in [-0.2, 0) is 11.3 Å². The van der Waals surface area contributed by atoms with Gasteiger partial charge in [0.05, 0.1) is 17.8 Å². The van der Waals surface area contributed by atoms with E-state index in [9.17, 15) is 4.79 Å². The molecule has 3 aromatic rings. The summed E-state index contributed by atoms with van der Waals surface area (Å²) in [5, 5.41) is 3.74. The van der Waals surface area contributed by atoms with Crippen LogP contribution in [0.2, 0.25) is 5.02 Å². The lowest BCUT2D eigenvalue weighted by Gasteiger charge is -2.33. The van der Waals surface area contributed by atoms with E-state index in [1.54, 1.807) is 12.4 Å². The number of fused-ring (bicyclic) bond motifs is 1. The maximum Gasteiger partial charge on any atom is 0.225 e. The van der Waals surface area contributed by atoms with E-state index < -0.39 is 0 Å². The highest BCUT2D eigenvalue weighted by molar-refractivity contribution is 6.30. The van der Waals surface area contributed by atoms with Crippen LogP contribution in [0.5, 0.6) is 0 Å². The van der Waals surface area contributed by atoms with Crippen LogP contribution in [0.15, 0.2) is 48.9 Å². The van der Waals surface area contributed by atoms with Gasteiger partial charge in [-0.3, -0.25) is 9.78 Å². The summed E-state index contributed by atoms with van der Waals surface area (Å²) < 4.78 is 0. The third-order valence-corrected chi connectivity index (χ3v) is 5.10. The van der Waals surface area contributed by atoms with Crippen LogP contribution < -0.4 is 10.2 Å². The van der Waals surface area contributed by atoms with Gasteiger partial charge in [0.25, 0.3) is 0 Å². The molecule has 4 rings (SSSR count). The largest absolute Gasteiger partial charge is 0.369 e. The maximum atomic E-state index is 12.6. The minimum Gasteiger partial charge on any atom is -0.369 e. The summed E-state index contributed by atoms with van der Waals surface area (Å²) in [6.45, 7) is 2.11. The third kappa shape index (κ3) is 4.17. The minimum absolute atomic E-state index is 0.0383. The molecule has 0 spiro atoms. The van der Waals surface area contributed by atoms with Crippen LogP contribution in [0.4, 0.5) is 5.69 Å². The normalized spacial score (nSPS) is 17.1. The second-order valence-electron chi connectivity index (χ2n) is 6.72. The van der Waals surface area contributed by atoms with E-state index in [0.29, 0.717) is 23.8 Å². The van der Waals surface area contributed by atoms with Crippen molar-refractivity contribution in [2.24, 2.45) is 5.92 Å². The highest BCUT2D eigenvalue weighted by Crippen LogP contribution is 2.24. The fraction of sp³-hybridized carbons (Fsp3) is 0.300. The van der Waals surface area contributed by atoms with E-state index in [1.807, 2.05) is 36.5 Å². The van der Waals surface area contributed by atoms with Crippen molar-refractivity contribution >= 4 is 34.4 Å². The third-order valence-electron chi connectivity index (χ3n) is 4.85. The number of amides is 1. The van der Waals surface area contributed by atoms with Gasteiger partial charge in [-0.15, -0.1) is 0 Å². The zero-order chi connectivity index (χ0) is 18.6. The summed E-state index contributed by atoms with van der Waals surface area (Å²) in [6.07, 6.45) is 6.97. The van der Waals surface area contributed by atoms with Gasteiger partial charge in [-0.05, 0) is 36.6 Å². The molecule has 27 heavy (non-hydrogen) atoms. The average Bonchev–Trinajstić information content (AvgIpc) is 2.73. The summed E-state index contributed by atoms with van der Waals surface area (Å²) in [6, 6.07) is 9.51. The van der Waals surface area contributed by atoms with E-state index in [0.717, 1.165) is 36.2 Å². The monoisotopic (exact) mass is 381 g/mol. The van der Waals surface area contributed by atoms with Crippen molar-refractivity contribution in [1.29, 1.82) is 0 Å². The van der Waals surface area contributed by atoms with E-state index in [2.05, 4.69) is 25.2 Å². The Kier molecular flexibility index (Phi) is 5.16. The van der Waals surface area contributed by atoms with Crippen molar-refractivity contribution in [2.75, 3.05) is 18.0 Å². The molecule has 0 unspecified atom stereocenters. The van der Waals surface area contributed by atoms with Crippen LogP contribution >= 0.6 is 11.6 Å². The fourth-order valence-corrected chi connectivity index (χ4v) is 3.51. The van der Waals surface area contributed by atoms with Crippen molar-refractivity contribution in [3.63, 3.8) is 0 Å². The van der Waals surface area contributed by atoms with Crippen molar-refractivity contribution in [2.45, 2.75) is 19.4 Å². The number of carbonyl (C=O) groups is 1. The smallest absolute Gasteiger partial charge is 0.225 e. The molecule has 6 nitrogen and oxygen atoms in total. The van der Waals surface area contributed by atoms with Crippen molar-refractivity contribution in [1.82, 2.24) is 20.3 Å². The number of carbonyl (C=O) groups excluding carboxylic acids is 1. The second kappa shape index (κ2) is 7.88. The first-order valence-electron chi connectivity index (χ1n) is 9.03. The molecule has 1 fully saturated rings. The van der Waals surface area contributed by atoms with Crippen LogP contribution in [0.3, 0.4) is 0 Å². The Morgan fingerprint density at radius 3 is 2.85 bits per heavy atom. The number of rotatable bonds is 4. The van der Waals surface area contributed by atoms with Gasteiger partial charge < -0.3 is 10.2 Å². The fourth-order valence-electron chi connectivity index (χ4n) is 3.38. The van der Waals surface area contributed by atoms with E-state index in [1.165, 1.54) is 0 Å². The molecule has 7 heteroatoms. The predicted molar refractivity (Wildman–Crippen MR) is 106 cm³/mol. The Balaban J connectivity index is 1.40. The second-order valence-corrected chi connectivity index (χ2v) is 7.16. The van der Waals surface area contributed by atoms with E-state index >= 15 is 0 Å². The number of nitrogens with zero attached hydrogens (tertiary/aromatic N) is 4. The average molecular weight is 382 g/mol. The van der Waals surface area contributed by atoms with Gasteiger partial charge in [-0.2, -0.15) is 0 Å². The number of benzene rings is 1. The van der Waals surface area contributed by atoms with Crippen LogP contribution in [0.25, 0.3) is 11.2 Å². The lowest BCUT2D eigenvalue weighted by atomic mass is 9.96. The minimum atomic E-state index is -0.0383. The highest BCUT2D eigenvalue weighted by atomic mass is 35.5. The molecule has 1 aromatic carbocycles. The van der Waals surface area contributed by atoms with Crippen LogP contribution in [0, 0.1) is 5.92 Å². The first kappa shape index (κ1) is 17.7. The molecule has 2 aromatic heterocycles. The molecule has 0 saturated carbocycles. The zero-order valence-electron chi connectivity index (χ0n) is 14.8. The van der Waals surface area contributed by atoms with Gasteiger partial charge in [0.15, 0.2) is 5.65 Å². The Morgan fingerprint density at radius 1 is 1.19 bits per heavy atom. The van der Waals surface area contributed by atoms with Gasteiger partial charge in [-0.25, -0.2) is 9.97 Å². The van der Waals surface area contributed by atoms with E-state index in [-0.39, 0.29) is 11.8 Å². The molecule has 1 aliphatic heterocycles. The van der Waals surface area contributed by atoms with Crippen molar-refractivity contribution < 1.29 is 4.79 Å². The summed E-state index contributed by atoms with van der Waals surface area (Å²) in [5.74, 6) is 0.0480. The first-order chi connectivity index (χ1) is 13.2. The topological polar surface area (TPSA) is 71.0 Å². The molecule has 1 atom stereocenters. The number of pyridine rings is 1. The zero-order valence-corrected chi connectivity index (χ0v) is 15.6. The Bertz CT molecular complexity index is 947. The SMILES string of the molecule is O=C(NCc1ccc(Cl)cc1)[C@H]1CCCN(c2cnc3nccnc3c2)C1. The van der Waals surface area contributed by atoms with Gasteiger partial charge >= 0.3 is 0 Å². The number of anilines is 1. The number of halogens is 1. The Labute approximate surface area is 162 Å². The van der Waals surface area contributed by atoms with E-state index in [4.69, 9.17) is 11.6 Å². The molecule has 138 valence electrons. The molecule has 3 heterocycles. The standard InChI is InChI=1S/C20H20ClN5O/c21-16-5-3-14(4-6-16)11-25-20(27)15-2-1-9-26(13-15)17-10-18-19(24-12-17)23-8-7-22-18/h3-8,10,12,15H,1-2,9,11,13H2,(H,25,27)/t15-/m0/s1. The molecule has 1 amide bonds. The predicted octanol–water partition coefficient (Wildman–Crippen LogP) is 3.21. The molecular formula is C20H20ClN5O. The number of nitrogens with one attached hydrogen (secondary N) is 1. The Morgan fingerprint density at radius 2 is 2.00 bits per heavy atom. The number of hydrogen-bond acceptors (Lipinski definition) is 5. The van der Waals surface area contributed by atoms with Gasteiger partial charge in [-0.1, -0.05) is 23.7 Å². The Hall–Kier alpha value is -2.73. The highest BCUT2D eigenvalue weighted by Gasteiger charge is 2.26. The summed E-state index contributed by atoms with van der Waals surface area (Å²) in [4.78, 5) is 27.7. The van der Waals surface area contributed by atoms with Gasteiger partial charge in [0.1, 0.15) is 5.52 Å². The maximum absolute atomic E-state index is 12.6. The summed E-state index contributed by atoms with van der Waals surface area (Å²) >= 11 is 5.90. The number of aromatic nitrogens is 3. The lowest BCUT2D eigenvalue weighted by Crippen LogP contribution is -2.43. The first-order valence-corrected chi connectivity index (χ1v) is 9.41. The molecular weight excluding hydrogens is 362 g/mol. The molecule has 1 saturated heterocycles. The quantitative estimate of drug-likeness (QED) is 0.751. The summed E-state index contributed by atoms with van der Waals surface area (Å²) in [7, 11) is 0. The number of hydrogen-bond donors (Lipinski definition) is 1. The van der Waals surface area contributed by atoms with Crippen molar-refractivity contribution in [3.05, 3.63) is 59.5 Å². The lowest BCUT2D eigenvalue weighted by molar-refractivity contribution is -0.125. The van der Waals surface area contributed by atoms with Crippen LogP contribution in [0.1, 0.15) is 18.4 Å². The molecule has 0 aliphatic carbocycles. The van der Waals surface area contributed by atoms with Crippen LogP contribution in [-0.4, -0.2) is 33.9 Å². The summed E-state index contributed by atoms with van der Waals surface area (Å²) in [5.41, 5.74) is 3.43. The van der Waals surface area contributed by atoms with Gasteiger partial charge in [0, 0.05) is 37.1 Å². The van der Waals surface area contributed by atoms with Crippen molar-refractivity contribution in [3.8, 4) is 0 Å². The molecule has 0 radical (unpaired) electrons. The number of piperidine rings is 1. The van der Waals surface area contributed by atoms with Gasteiger partial charge in [0.2, 0.25) is 5.91 Å². The molecule has 0 bridgehead atoms. The molecule has 1 aliphatic rings.